The Kier molecular flexibility index (Phi) is 6.27. The molecule has 0 amide bonds. The van der Waals surface area contributed by atoms with Gasteiger partial charge in [0, 0.05) is 25.6 Å². The molecule has 0 unspecified atom stereocenters. The Morgan fingerprint density at radius 2 is 0.962 bits per heavy atom. The standard InChI is InChI=1S/C51H34S/c1-51(2)45-21-10-9-16-37(45)43-26-27-44-38-25-24-36(30-46(38)52-50(44)49(43)51)48-41-19-7-5-17-39(41)47(40-18-6-8-20-42(40)48)35-15-11-14-33(29-35)34-23-22-31-12-3-4-13-32(31)28-34/h3-30H,1-2H3. The van der Waals surface area contributed by atoms with E-state index in [-0.39, 0.29) is 5.41 Å². The molecule has 10 aromatic rings. The number of hydrogen-bond donors (Lipinski definition) is 0. The molecule has 0 spiro atoms. The van der Waals surface area contributed by atoms with Crippen molar-refractivity contribution >= 4 is 63.8 Å². The van der Waals surface area contributed by atoms with Crippen LogP contribution in [0.4, 0.5) is 0 Å². The van der Waals surface area contributed by atoms with E-state index in [2.05, 4.69) is 184 Å². The maximum atomic E-state index is 2.45. The second kappa shape index (κ2) is 11.0. The molecule has 0 atom stereocenters. The molecule has 0 fully saturated rings. The lowest BCUT2D eigenvalue weighted by atomic mass is 9.82. The van der Waals surface area contributed by atoms with Crippen molar-refractivity contribution in [2.24, 2.45) is 0 Å². The van der Waals surface area contributed by atoms with E-state index in [0.717, 1.165) is 0 Å². The molecule has 0 saturated heterocycles. The van der Waals surface area contributed by atoms with E-state index in [9.17, 15) is 0 Å². The molecule has 0 radical (unpaired) electrons. The largest absolute Gasteiger partial charge is 0.135 e. The van der Waals surface area contributed by atoms with Gasteiger partial charge in [-0.3, -0.25) is 0 Å². The quantitative estimate of drug-likeness (QED) is 0.163. The molecule has 0 bridgehead atoms. The van der Waals surface area contributed by atoms with Crippen LogP contribution in [0.15, 0.2) is 170 Å². The third kappa shape index (κ3) is 4.21. The van der Waals surface area contributed by atoms with Gasteiger partial charge in [0.2, 0.25) is 0 Å². The molecule has 1 aliphatic rings. The van der Waals surface area contributed by atoms with Gasteiger partial charge in [-0.15, -0.1) is 11.3 Å². The maximum Gasteiger partial charge on any atom is 0.0402 e. The first-order valence-electron chi connectivity index (χ1n) is 18.2. The van der Waals surface area contributed by atoms with E-state index >= 15 is 0 Å². The van der Waals surface area contributed by atoms with Gasteiger partial charge in [-0.25, -0.2) is 0 Å². The topological polar surface area (TPSA) is 0 Å². The molecule has 0 N–H and O–H groups in total. The number of thiophene rings is 1. The molecule has 0 aliphatic heterocycles. The number of hydrogen-bond acceptors (Lipinski definition) is 1. The monoisotopic (exact) mass is 678 g/mol. The van der Waals surface area contributed by atoms with Crippen LogP contribution >= 0.6 is 11.3 Å². The van der Waals surface area contributed by atoms with E-state index in [1.54, 1.807) is 0 Å². The number of benzene rings is 9. The van der Waals surface area contributed by atoms with Crippen LogP contribution in [0.3, 0.4) is 0 Å². The average Bonchev–Trinajstić information content (AvgIpc) is 3.68. The molecular formula is C51H34S. The van der Waals surface area contributed by atoms with Crippen molar-refractivity contribution in [3.8, 4) is 44.5 Å². The summed E-state index contributed by atoms with van der Waals surface area (Å²) in [5.41, 5.74) is 13.2. The van der Waals surface area contributed by atoms with E-state index in [1.165, 1.54) is 108 Å². The van der Waals surface area contributed by atoms with Crippen LogP contribution in [0.5, 0.6) is 0 Å². The zero-order chi connectivity index (χ0) is 34.6. The Labute approximate surface area is 307 Å². The second-order valence-corrected chi connectivity index (χ2v) is 15.9. The molecule has 0 nitrogen and oxygen atoms in total. The van der Waals surface area contributed by atoms with Crippen molar-refractivity contribution in [3.63, 3.8) is 0 Å². The van der Waals surface area contributed by atoms with Crippen molar-refractivity contribution < 1.29 is 0 Å². The lowest BCUT2D eigenvalue weighted by Gasteiger charge is -2.22. The van der Waals surface area contributed by atoms with Crippen molar-refractivity contribution in [2.75, 3.05) is 0 Å². The Morgan fingerprint density at radius 1 is 0.385 bits per heavy atom. The van der Waals surface area contributed by atoms with Crippen molar-refractivity contribution in [1.29, 1.82) is 0 Å². The first-order valence-corrected chi connectivity index (χ1v) is 19.0. The molecule has 1 heteroatoms. The van der Waals surface area contributed by atoms with Crippen LogP contribution in [-0.2, 0) is 5.41 Å². The Hall–Kier alpha value is -6.02. The van der Waals surface area contributed by atoms with E-state index in [0.29, 0.717) is 0 Å². The lowest BCUT2D eigenvalue weighted by Crippen LogP contribution is -2.14. The summed E-state index contributed by atoms with van der Waals surface area (Å²) in [6, 6.07) is 63.4. The zero-order valence-corrected chi connectivity index (χ0v) is 29.9. The van der Waals surface area contributed by atoms with Gasteiger partial charge >= 0.3 is 0 Å². The lowest BCUT2D eigenvalue weighted by molar-refractivity contribution is 0.667. The third-order valence-electron chi connectivity index (χ3n) is 11.6. The molecule has 1 aliphatic carbocycles. The normalized spacial score (nSPS) is 13.3. The van der Waals surface area contributed by atoms with Crippen LogP contribution in [0.25, 0.3) is 97.0 Å². The van der Waals surface area contributed by atoms with Gasteiger partial charge in [0.15, 0.2) is 0 Å². The summed E-state index contributed by atoms with van der Waals surface area (Å²) in [5.74, 6) is 0. The molecule has 1 aromatic heterocycles. The molecule has 1 heterocycles. The van der Waals surface area contributed by atoms with Gasteiger partial charge in [0.05, 0.1) is 0 Å². The SMILES string of the molecule is CC1(C)c2ccccc2-c2ccc3c(sc4cc(-c5c6ccccc6c(-c6cccc(-c7ccc8ccccc8c7)c6)c6ccccc56)ccc43)c21. The summed E-state index contributed by atoms with van der Waals surface area (Å²) in [5, 5.41) is 10.4. The Bertz CT molecular complexity index is 3040. The third-order valence-corrected chi connectivity index (χ3v) is 12.8. The van der Waals surface area contributed by atoms with Gasteiger partial charge < -0.3 is 0 Å². The second-order valence-electron chi connectivity index (χ2n) is 14.8. The highest BCUT2D eigenvalue weighted by atomic mass is 32.1. The fourth-order valence-electron chi connectivity index (χ4n) is 9.21. The first-order chi connectivity index (χ1) is 25.5. The Balaban J connectivity index is 1.11. The van der Waals surface area contributed by atoms with E-state index in [4.69, 9.17) is 0 Å². The van der Waals surface area contributed by atoms with Crippen molar-refractivity contribution in [2.45, 2.75) is 19.3 Å². The summed E-state index contributed by atoms with van der Waals surface area (Å²) < 4.78 is 2.76. The fourth-order valence-corrected chi connectivity index (χ4v) is 10.7. The van der Waals surface area contributed by atoms with Gasteiger partial charge in [-0.05, 0) is 106 Å². The van der Waals surface area contributed by atoms with Crippen LogP contribution in [0.1, 0.15) is 25.0 Å². The molecule has 244 valence electrons. The van der Waals surface area contributed by atoms with Crippen LogP contribution in [0.2, 0.25) is 0 Å². The predicted molar refractivity (Wildman–Crippen MR) is 226 cm³/mol. The maximum absolute atomic E-state index is 2.45. The van der Waals surface area contributed by atoms with Gasteiger partial charge in [-0.1, -0.05) is 166 Å². The van der Waals surface area contributed by atoms with E-state index in [1.807, 2.05) is 11.3 Å². The molecule has 0 saturated carbocycles. The summed E-state index contributed by atoms with van der Waals surface area (Å²) in [4.78, 5) is 0. The van der Waals surface area contributed by atoms with Crippen molar-refractivity contribution in [3.05, 3.63) is 181 Å². The van der Waals surface area contributed by atoms with Crippen LogP contribution in [0, 0.1) is 0 Å². The summed E-state index contributed by atoms with van der Waals surface area (Å²) in [7, 11) is 0. The van der Waals surface area contributed by atoms with Gasteiger partial charge in [-0.2, -0.15) is 0 Å². The van der Waals surface area contributed by atoms with Gasteiger partial charge in [0.25, 0.3) is 0 Å². The summed E-state index contributed by atoms with van der Waals surface area (Å²) >= 11 is 1.96. The minimum Gasteiger partial charge on any atom is -0.135 e. The van der Waals surface area contributed by atoms with Crippen molar-refractivity contribution in [1.82, 2.24) is 0 Å². The van der Waals surface area contributed by atoms with Crippen LogP contribution in [-0.4, -0.2) is 0 Å². The van der Waals surface area contributed by atoms with Crippen LogP contribution < -0.4 is 0 Å². The Morgan fingerprint density at radius 3 is 1.71 bits per heavy atom. The fraction of sp³-hybridized carbons (Fsp3) is 0.0588. The highest BCUT2D eigenvalue weighted by Crippen LogP contribution is 2.54. The number of rotatable bonds is 3. The molecule has 11 rings (SSSR count). The highest BCUT2D eigenvalue weighted by Gasteiger charge is 2.37. The minimum absolute atomic E-state index is 0.0387. The molecule has 9 aromatic carbocycles. The number of fused-ring (bicyclic) bond motifs is 10. The zero-order valence-electron chi connectivity index (χ0n) is 29.1. The van der Waals surface area contributed by atoms with Gasteiger partial charge in [0.1, 0.15) is 0 Å². The first kappa shape index (κ1) is 29.7. The minimum atomic E-state index is -0.0387. The molecular weight excluding hydrogens is 645 g/mol. The average molecular weight is 679 g/mol. The smallest absolute Gasteiger partial charge is 0.0402 e. The van der Waals surface area contributed by atoms with E-state index < -0.39 is 0 Å². The molecule has 52 heavy (non-hydrogen) atoms. The summed E-state index contributed by atoms with van der Waals surface area (Å²) in [6.07, 6.45) is 0. The highest BCUT2D eigenvalue weighted by molar-refractivity contribution is 7.26. The predicted octanol–water partition coefficient (Wildman–Crippen LogP) is 14.8. The summed E-state index contributed by atoms with van der Waals surface area (Å²) in [6.45, 7) is 4.79.